The Hall–Kier alpha value is -4.33. The number of carbonyl (C=O) groups is 2. The molecule has 1 N–H and O–H groups in total. The van der Waals surface area contributed by atoms with Gasteiger partial charge in [0.1, 0.15) is 5.92 Å². The molecule has 168 valence electrons. The van der Waals surface area contributed by atoms with Crippen molar-refractivity contribution in [3.05, 3.63) is 111 Å². The monoisotopic (exact) mass is 453 g/mol. The van der Waals surface area contributed by atoms with E-state index < -0.39 is 35.1 Å². The third kappa shape index (κ3) is 2.24. The molecule has 7 rings (SSSR count). The van der Waals surface area contributed by atoms with Gasteiger partial charge in [-0.3, -0.25) is 19.7 Å². The van der Waals surface area contributed by atoms with E-state index in [1.807, 2.05) is 24.3 Å². The number of hydrogen-bond acceptors (Lipinski definition) is 6. The first-order valence-corrected chi connectivity index (χ1v) is 10.9. The summed E-state index contributed by atoms with van der Waals surface area (Å²) < 4.78 is 0. The number of imide groups is 1. The molecular weight excluding hydrogens is 434 g/mol. The minimum absolute atomic E-state index is 0.338. The van der Waals surface area contributed by atoms with Crippen molar-refractivity contribution in [3.63, 3.8) is 0 Å². The Kier molecular flexibility index (Phi) is 4.08. The predicted octanol–water partition coefficient (Wildman–Crippen LogP) is 3.67. The van der Waals surface area contributed by atoms with Crippen LogP contribution in [0.15, 0.2) is 78.0 Å². The van der Waals surface area contributed by atoms with Crippen LogP contribution in [0.5, 0.6) is 0 Å². The Morgan fingerprint density at radius 1 is 0.941 bits per heavy atom. The number of oxime groups is 1. The maximum absolute atomic E-state index is 13.9. The van der Waals surface area contributed by atoms with E-state index >= 15 is 0 Å². The number of amides is 2. The second kappa shape index (κ2) is 6.84. The van der Waals surface area contributed by atoms with Crippen molar-refractivity contribution in [1.82, 2.24) is 0 Å². The summed E-state index contributed by atoms with van der Waals surface area (Å²) in [4.78, 5) is 41.3. The van der Waals surface area contributed by atoms with E-state index in [-0.39, 0.29) is 4.92 Å². The second-order valence-corrected chi connectivity index (χ2v) is 8.92. The summed E-state index contributed by atoms with van der Waals surface area (Å²) in [6.07, 6.45) is 0. The molecular formula is C26H19N3O5. The number of benzene rings is 3. The third-order valence-corrected chi connectivity index (χ3v) is 7.55. The van der Waals surface area contributed by atoms with Crippen LogP contribution in [0.25, 0.3) is 0 Å². The van der Waals surface area contributed by atoms with Crippen LogP contribution in [0.3, 0.4) is 0 Å². The molecule has 0 aromatic heterocycles. The number of anilines is 1. The molecule has 1 saturated heterocycles. The molecule has 3 aromatic rings. The van der Waals surface area contributed by atoms with E-state index in [1.54, 1.807) is 55.5 Å². The highest BCUT2D eigenvalue weighted by Gasteiger charge is 2.74. The van der Waals surface area contributed by atoms with E-state index in [0.29, 0.717) is 28.1 Å². The van der Waals surface area contributed by atoms with Gasteiger partial charge in [0.05, 0.1) is 17.3 Å². The average Bonchev–Trinajstić information content (AvgIpc) is 3.14. The molecule has 2 unspecified atom stereocenters. The first-order chi connectivity index (χ1) is 16.4. The lowest BCUT2D eigenvalue weighted by Crippen LogP contribution is -2.57. The Balaban J connectivity index is 1.58. The van der Waals surface area contributed by atoms with Gasteiger partial charge in [-0.2, -0.15) is 0 Å². The molecule has 3 aromatic carbocycles. The molecule has 8 heteroatoms. The summed E-state index contributed by atoms with van der Waals surface area (Å²) in [6.45, 7) is 1.63. The van der Waals surface area contributed by atoms with Crippen LogP contribution in [0.2, 0.25) is 0 Å². The van der Waals surface area contributed by atoms with E-state index in [1.165, 1.54) is 0 Å². The van der Waals surface area contributed by atoms with Crippen LogP contribution in [-0.4, -0.2) is 27.7 Å². The average molecular weight is 453 g/mol. The predicted molar refractivity (Wildman–Crippen MR) is 122 cm³/mol. The van der Waals surface area contributed by atoms with Crippen molar-refractivity contribution < 1.29 is 19.7 Å². The van der Waals surface area contributed by atoms with Gasteiger partial charge in [-0.25, -0.2) is 4.90 Å². The Bertz CT molecular complexity index is 1380. The largest absolute Gasteiger partial charge is 0.411 e. The maximum Gasteiger partial charge on any atom is 0.285 e. The minimum Gasteiger partial charge on any atom is -0.411 e. The normalized spacial score (nSPS) is 26.8. The molecule has 0 radical (unpaired) electrons. The third-order valence-electron chi connectivity index (χ3n) is 7.55. The number of nitrogens with zero attached hydrogens (tertiary/aromatic N) is 3. The van der Waals surface area contributed by atoms with Crippen LogP contribution in [0, 0.1) is 22.0 Å². The van der Waals surface area contributed by atoms with Gasteiger partial charge in [-0.15, -0.1) is 0 Å². The lowest BCUT2D eigenvalue weighted by Gasteiger charge is -2.48. The highest BCUT2D eigenvalue weighted by Crippen LogP contribution is 2.64. The number of rotatable bonds is 3. The zero-order valence-corrected chi connectivity index (χ0v) is 18.1. The van der Waals surface area contributed by atoms with E-state index in [0.717, 1.165) is 16.0 Å². The number of nitro groups is 1. The summed E-state index contributed by atoms with van der Waals surface area (Å²) in [6, 6.07) is 20.7. The lowest BCUT2D eigenvalue weighted by molar-refractivity contribution is -0.578. The minimum atomic E-state index is -1.84. The zero-order valence-electron chi connectivity index (χ0n) is 18.1. The summed E-state index contributed by atoms with van der Waals surface area (Å²) in [5.74, 6) is -3.46. The van der Waals surface area contributed by atoms with Crippen molar-refractivity contribution in [2.75, 3.05) is 4.90 Å². The Morgan fingerprint density at radius 2 is 1.50 bits per heavy atom. The molecule has 2 amide bonds. The summed E-state index contributed by atoms with van der Waals surface area (Å²) in [7, 11) is 0. The SMILES string of the molecule is C/C(=N\O)c1ccc(N2C(=O)C3C4c5ccccc5C([N+](=O)[O-])(c5ccccc54)C3C2=O)cc1. The topological polar surface area (TPSA) is 113 Å². The molecule has 1 fully saturated rings. The van der Waals surface area contributed by atoms with Gasteiger partial charge in [0.25, 0.3) is 5.54 Å². The van der Waals surface area contributed by atoms with Crippen LogP contribution < -0.4 is 4.90 Å². The van der Waals surface area contributed by atoms with Gasteiger partial charge in [0.15, 0.2) is 0 Å². The van der Waals surface area contributed by atoms with Gasteiger partial charge in [0.2, 0.25) is 11.8 Å². The molecule has 3 aliphatic carbocycles. The molecule has 1 aliphatic heterocycles. The van der Waals surface area contributed by atoms with E-state index in [4.69, 9.17) is 5.21 Å². The fourth-order valence-corrected chi connectivity index (χ4v) is 6.21. The van der Waals surface area contributed by atoms with Crippen LogP contribution in [0.1, 0.15) is 40.7 Å². The van der Waals surface area contributed by atoms with Gasteiger partial charge < -0.3 is 5.21 Å². The van der Waals surface area contributed by atoms with Gasteiger partial charge in [0, 0.05) is 22.0 Å². The number of hydrogen-bond donors (Lipinski definition) is 1. The van der Waals surface area contributed by atoms with E-state index in [2.05, 4.69) is 5.16 Å². The van der Waals surface area contributed by atoms with Crippen molar-refractivity contribution in [3.8, 4) is 0 Å². The molecule has 1 heterocycles. The maximum atomic E-state index is 13.9. The molecule has 34 heavy (non-hydrogen) atoms. The van der Waals surface area contributed by atoms with Crippen molar-refractivity contribution in [2.24, 2.45) is 17.0 Å². The lowest BCUT2D eigenvalue weighted by atomic mass is 9.51. The smallest absolute Gasteiger partial charge is 0.285 e. The van der Waals surface area contributed by atoms with Crippen LogP contribution in [0.4, 0.5) is 5.69 Å². The van der Waals surface area contributed by atoms with Gasteiger partial charge >= 0.3 is 0 Å². The molecule has 4 aliphatic rings. The molecule has 2 atom stereocenters. The highest BCUT2D eigenvalue weighted by atomic mass is 16.6. The molecule has 0 saturated carbocycles. The summed E-state index contributed by atoms with van der Waals surface area (Å²) in [5.41, 5.74) is 1.94. The first-order valence-electron chi connectivity index (χ1n) is 10.9. The molecule has 0 spiro atoms. The Labute approximate surface area is 194 Å². The number of carbonyl (C=O) groups excluding carboxylic acids is 2. The first kappa shape index (κ1) is 20.3. The van der Waals surface area contributed by atoms with Crippen molar-refractivity contribution in [1.29, 1.82) is 0 Å². The standard InChI is InChI=1S/C26H19N3O5/c1-14(27-32)15-10-12-16(13-11-15)28-24(30)22-21-17-6-2-4-8-19(17)26(29(33)34,23(22)25(28)31)20-9-5-3-7-18(20)21/h2-13,21-23,32H,1H3/b27-14+. The molecule has 2 bridgehead atoms. The summed E-state index contributed by atoms with van der Waals surface area (Å²) in [5, 5.41) is 25.1. The van der Waals surface area contributed by atoms with Crippen LogP contribution in [-0.2, 0) is 15.1 Å². The second-order valence-electron chi connectivity index (χ2n) is 8.92. The van der Waals surface area contributed by atoms with Crippen molar-refractivity contribution >= 4 is 23.2 Å². The molecule has 8 nitrogen and oxygen atoms in total. The zero-order chi connectivity index (χ0) is 23.8. The fourth-order valence-electron chi connectivity index (χ4n) is 6.21. The van der Waals surface area contributed by atoms with Crippen molar-refractivity contribution in [2.45, 2.75) is 18.4 Å². The quantitative estimate of drug-likeness (QED) is 0.214. The van der Waals surface area contributed by atoms with Gasteiger partial charge in [-0.05, 0) is 35.7 Å². The summed E-state index contributed by atoms with van der Waals surface area (Å²) >= 11 is 0. The van der Waals surface area contributed by atoms with E-state index in [9.17, 15) is 19.7 Å². The van der Waals surface area contributed by atoms with Crippen LogP contribution >= 0.6 is 0 Å². The highest BCUT2D eigenvalue weighted by molar-refractivity contribution is 6.23. The van der Waals surface area contributed by atoms with Gasteiger partial charge in [-0.1, -0.05) is 65.8 Å². The Morgan fingerprint density at radius 3 is 2.03 bits per heavy atom. The fraction of sp³-hybridized carbons (Fsp3) is 0.192.